The molecule has 0 amide bonds. The molecule has 102 valence electrons. The summed E-state index contributed by atoms with van der Waals surface area (Å²) in [5.41, 5.74) is 7.33. The zero-order valence-electron chi connectivity index (χ0n) is 11.3. The van der Waals surface area contributed by atoms with Gasteiger partial charge in [0.2, 0.25) is 0 Å². The number of nitrogens with two attached hydrogens (primary N) is 1. The topological polar surface area (TPSA) is 38.0 Å². The van der Waals surface area contributed by atoms with Gasteiger partial charge >= 0.3 is 0 Å². The molecule has 0 bridgehead atoms. The van der Waals surface area contributed by atoms with Crippen molar-refractivity contribution in [1.82, 2.24) is 5.32 Å². The van der Waals surface area contributed by atoms with E-state index in [1.807, 2.05) is 11.3 Å². The first-order chi connectivity index (χ1) is 9.38. The van der Waals surface area contributed by atoms with E-state index in [4.69, 9.17) is 5.73 Å². The van der Waals surface area contributed by atoms with Crippen LogP contribution in [0.2, 0.25) is 0 Å². The third-order valence-electron chi connectivity index (χ3n) is 4.29. The number of thiophene rings is 1. The Labute approximate surface area is 119 Å². The highest BCUT2D eigenvalue weighted by Gasteiger charge is 2.18. The number of rotatable bonds is 6. The molecule has 3 heteroatoms. The molecule has 1 aromatic carbocycles. The van der Waals surface area contributed by atoms with E-state index in [0.29, 0.717) is 12.6 Å². The lowest BCUT2D eigenvalue weighted by Crippen LogP contribution is -2.30. The number of benzene rings is 1. The van der Waals surface area contributed by atoms with Crippen LogP contribution in [-0.2, 0) is 0 Å². The number of hydrogen-bond acceptors (Lipinski definition) is 3. The van der Waals surface area contributed by atoms with Crippen molar-refractivity contribution in [3.63, 3.8) is 0 Å². The Balaban J connectivity index is 1.66. The van der Waals surface area contributed by atoms with Gasteiger partial charge in [0.15, 0.2) is 0 Å². The predicted octanol–water partition coefficient (Wildman–Crippen LogP) is 3.68. The fourth-order valence-corrected chi connectivity index (χ4v) is 3.85. The molecule has 2 nitrogen and oxygen atoms in total. The molecule has 3 rings (SSSR count). The lowest BCUT2D eigenvalue weighted by molar-refractivity contribution is 0.288. The van der Waals surface area contributed by atoms with Gasteiger partial charge in [0.1, 0.15) is 0 Å². The minimum absolute atomic E-state index is 0.302. The molecule has 1 aliphatic rings. The Morgan fingerprint density at radius 2 is 2.16 bits per heavy atom. The highest BCUT2D eigenvalue weighted by Crippen LogP contribution is 2.31. The van der Waals surface area contributed by atoms with Crippen LogP contribution < -0.4 is 11.1 Å². The van der Waals surface area contributed by atoms with E-state index in [1.54, 1.807) is 0 Å². The van der Waals surface area contributed by atoms with Crippen molar-refractivity contribution in [2.45, 2.75) is 31.7 Å². The van der Waals surface area contributed by atoms with Gasteiger partial charge in [0.05, 0.1) is 0 Å². The lowest BCUT2D eigenvalue weighted by Gasteiger charge is -2.26. The highest BCUT2D eigenvalue weighted by molar-refractivity contribution is 7.17. The number of hydrogen-bond donors (Lipinski definition) is 2. The summed E-state index contributed by atoms with van der Waals surface area (Å²) in [6.45, 7) is 1.77. The monoisotopic (exact) mass is 274 g/mol. The molecule has 19 heavy (non-hydrogen) atoms. The Kier molecular flexibility index (Phi) is 4.16. The molecule has 1 fully saturated rings. The molecule has 1 unspecified atom stereocenters. The van der Waals surface area contributed by atoms with E-state index in [0.717, 1.165) is 12.5 Å². The maximum atomic E-state index is 5.96. The molecule has 1 aromatic heterocycles. The third-order valence-corrected chi connectivity index (χ3v) is 5.27. The Bertz CT molecular complexity index is 530. The second kappa shape index (κ2) is 6.04. The van der Waals surface area contributed by atoms with E-state index >= 15 is 0 Å². The van der Waals surface area contributed by atoms with Crippen molar-refractivity contribution in [2.75, 3.05) is 13.1 Å². The summed E-state index contributed by atoms with van der Waals surface area (Å²) in [7, 11) is 0. The van der Waals surface area contributed by atoms with Crippen LogP contribution in [0.5, 0.6) is 0 Å². The van der Waals surface area contributed by atoms with E-state index in [2.05, 4.69) is 35.0 Å². The minimum atomic E-state index is 0.302. The summed E-state index contributed by atoms with van der Waals surface area (Å²) >= 11 is 1.82. The van der Waals surface area contributed by atoms with Gasteiger partial charge in [-0.2, -0.15) is 0 Å². The summed E-state index contributed by atoms with van der Waals surface area (Å²) in [6.07, 6.45) is 5.59. The van der Waals surface area contributed by atoms with E-state index in [-0.39, 0.29) is 0 Å². The predicted molar refractivity (Wildman–Crippen MR) is 83.6 cm³/mol. The maximum absolute atomic E-state index is 5.96. The van der Waals surface area contributed by atoms with Gasteiger partial charge in [0.25, 0.3) is 0 Å². The van der Waals surface area contributed by atoms with Gasteiger partial charge < -0.3 is 11.1 Å². The number of fused-ring (bicyclic) bond motifs is 1. The van der Waals surface area contributed by atoms with Crippen LogP contribution in [0.4, 0.5) is 0 Å². The fourth-order valence-electron chi connectivity index (χ4n) is 2.83. The summed E-state index contributed by atoms with van der Waals surface area (Å²) in [5, 5.41) is 7.27. The highest BCUT2D eigenvalue weighted by atomic mass is 32.1. The van der Waals surface area contributed by atoms with Gasteiger partial charge in [0, 0.05) is 17.3 Å². The zero-order chi connectivity index (χ0) is 13.1. The van der Waals surface area contributed by atoms with Crippen molar-refractivity contribution in [1.29, 1.82) is 0 Å². The maximum Gasteiger partial charge on any atom is 0.0459 e. The SMILES string of the molecule is NCC(NCCC1CCC1)c1csc2ccccc12. The first-order valence-corrected chi connectivity index (χ1v) is 8.16. The van der Waals surface area contributed by atoms with Crippen molar-refractivity contribution in [2.24, 2.45) is 11.7 Å². The van der Waals surface area contributed by atoms with Gasteiger partial charge in [-0.3, -0.25) is 0 Å². The Morgan fingerprint density at radius 1 is 1.32 bits per heavy atom. The van der Waals surface area contributed by atoms with Crippen LogP contribution in [0.3, 0.4) is 0 Å². The zero-order valence-corrected chi connectivity index (χ0v) is 12.1. The van der Waals surface area contributed by atoms with Crippen LogP contribution in [-0.4, -0.2) is 13.1 Å². The molecule has 0 spiro atoms. The quantitative estimate of drug-likeness (QED) is 0.843. The average Bonchev–Trinajstić information content (AvgIpc) is 2.81. The molecule has 1 aliphatic carbocycles. The molecule has 2 aromatic rings. The van der Waals surface area contributed by atoms with Crippen molar-refractivity contribution in [3.05, 3.63) is 35.2 Å². The second-order valence-corrected chi connectivity index (χ2v) is 6.43. The van der Waals surface area contributed by atoms with Gasteiger partial charge in [-0.05, 0) is 41.3 Å². The molecular weight excluding hydrogens is 252 g/mol. The second-order valence-electron chi connectivity index (χ2n) is 5.52. The van der Waals surface area contributed by atoms with Crippen LogP contribution >= 0.6 is 11.3 Å². The Morgan fingerprint density at radius 3 is 2.89 bits per heavy atom. The first kappa shape index (κ1) is 13.1. The van der Waals surface area contributed by atoms with Crippen molar-refractivity contribution < 1.29 is 0 Å². The summed E-state index contributed by atoms with van der Waals surface area (Å²) < 4.78 is 1.36. The average molecular weight is 274 g/mol. The molecule has 0 radical (unpaired) electrons. The summed E-state index contributed by atoms with van der Waals surface area (Å²) in [4.78, 5) is 0. The van der Waals surface area contributed by atoms with Crippen LogP contribution in [0.15, 0.2) is 29.6 Å². The number of nitrogens with one attached hydrogen (secondary N) is 1. The molecular formula is C16H22N2S. The van der Waals surface area contributed by atoms with Crippen LogP contribution in [0.1, 0.15) is 37.3 Å². The molecule has 1 saturated carbocycles. The van der Waals surface area contributed by atoms with Crippen LogP contribution in [0, 0.1) is 5.92 Å². The van der Waals surface area contributed by atoms with Gasteiger partial charge in [-0.25, -0.2) is 0 Å². The third kappa shape index (κ3) is 2.83. The standard InChI is InChI=1S/C16H22N2S/c17-10-15(18-9-8-12-4-3-5-12)14-11-19-16-7-2-1-6-13(14)16/h1-2,6-7,11-12,15,18H,3-5,8-10,17H2. The van der Waals surface area contributed by atoms with Gasteiger partial charge in [-0.1, -0.05) is 37.5 Å². The van der Waals surface area contributed by atoms with Crippen molar-refractivity contribution in [3.8, 4) is 0 Å². The molecule has 1 atom stereocenters. The molecule has 0 saturated heterocycles. The Hall–Kier alpha value is -0.900. The van der Waals surface area contributed by atoms with Crippen LogP contribution in [0.25, 0.3) is 10.1 Å². The molecule has 0 aliphatic heterocycles. The fraction of sp³-hybridized carbons (Fsp3) is 0.500. The van der Waals surface area contributed by atoms with Crippen molar-refractivity contribution >= 4 is 21.4 Å². The van der Waals surface area contributed by atoms with Gasteiger partial charge in [-0.15, -0.1) is 11.3 Å². The van der Waals surface area contributed by atoms with E-state index < -0.39 is 0 Å². The normalized spacial score (nSPS) is 17.5. The molecule has 1 heterocycles. The summed E-state index contributed by atoms with van der Waals surface area (Å²) in [6, 6.07) is 8.91. The largest absolute Gasteiger partial charge is 0.329 e. The molecule has 3 N–H and O–H groups in total. The summed E-state index contributed by atoms with van der Waals surface area (Å²) in [5.74, 6) is 0.963. The smallest absolute Gasteiger partial charge is 0.0459 e. The first-order valence-electron chi connectivity index (χ1n) is 7.28. The minimum Gasteiger partial charge on any atom is -0.329 e. The van der Waals surface area contributed by atoms with E-state index in [1.165, 1.54) is 41.3 Å². The lowest BCUT2D eigenvalue weighted by atomic mass is 9.83. The van der Waals surface area contributed by atoms with E-state index in [9.17, 15) is 0 Å².